The molecule has 3 rings (SSSR count). The highest BCUT2D eigenvalue weighted by Crippen LogP contribution is 2.17. The third kappa shape index (κ3) is 2.58. The van der Waals surface area contributed by atoms with E-state index in [1.54, 1.807) is 0 Å². The Kier molecular flexibility index (Phi) is 3.52. The number of hydrogen-bond acceptors (Lipinski definition) is 4. The summed E-state index contributed by atoms with van der Waals surface area (Å²) >= 11 is 0. The molecule has 0 fully saturated rings. The van der Waals surface area contributed by atoms with Gasteiger partial charge < -0.3 is 15.2 Å². The first-order valence-corrected chi connectivity index (χ1v) is 6.76. The summed E-state index contributed by atoms with van der Waals surface area (Å²) in [6.45, 7) is 4.05. The molecule has 0 atom stereocenters. The molecule has 0 bridgehead atoms. The third-order valence-electron chi connectivity index (χ3n) is 3.49. The molecule has 0 saturated heterocycles. The van der Waals surface area contributed by atoms with Gasteiger partial charge in [0.25, 0.3) is 5.91 Å². The van der Waals surface area contributed by atoms with Crippen LogP contribution in [0.2, 0.25) is 0 Å². The first-order chi connectivity index (χ1) is 9.74. The minimum Gasteiger partial charge on any atom is -0.360 e. The summed E-state index contributed by atoms with van der Waals surface area (Å²) in [6, 6.07) is 8.08. The summed E-state index contributed by atoms with van der Waals surface area (Å²) in [4.78, 5) is 12.2. The molecule has 5 nitrogen and oxygen atoms in total. The number of hydrogen-bond donors (Lipinski definition) is 2. The lowest BCUT2D eigenvalue weighted by atomic mass is 10.1. The van der Waals surface area contributed by atoms with Crippen molar-refractivity contribution < 1.29 is 9.32 Å². The fourth-order valence-electron chi connectivity index (χ4n) is 2.29. The number of carbonyl (C=O) groups excluding carboxylic acids is 1. The Labute approximate surface area is 117 Å². The van der Waals surface area contributed by atoms with Crippen LogP contribution < -0.4 is 10.6 Å². The number of rotatable bonds is 3. The first kappa shape index (κ1) is 12.9. The van der Waals surface area contributed by atoms with E-state index in [2.05, 4.69) is 15.8 Å². The summed E-state index contributed by atoms with van der Waals surface area (Å²) in [7, 11) is 0. The van der Waals surface area contributed by atoms with Gasteiger partial charge in [0.15, 0.2) is 5.69 Å². The van der Waals surface area contributed by atoms with E-state index in [9.17, 15) is 4.79 Å². The van der Waals surface area contributed by atoms with Crippen LogP contribution in [-0.2, 0) is 19.5 Å². The molecule has 0 unspecified atom stereocenters. The number of fused-ring (bicyclic) bond motifs is 1. The maximum absolute atomic E-state index is 12.2. The van der Waals surface area contributed by atoms with Crippen molar-refractivity contribution in [3.63, 3.8) is 0 Å². The van der Waals surface area contributed by atoms with Crippen LogP contribution in [0, 0.1) is 6.92 Å². The number of benzene rings is 1. The largest absolute Gasteiger partial charge is 0.360 e. The number of amides is 1. The molecule has 104 valence electrons. The standard InChI is InChI=1S/C15H17N3O2/c1-10-2-4-11(5-3-10)8-17-15(19)14-12-9-16-7-6-13(12)20-18-14/h2-5,16H,6-9H2,1H3,(H,17,19). The smallest absolute Gasteiger partial charge is 0.274 e. The quantitative estimate of drug-likeness (QED) is 0.889. The second-order valence-corrected chi connectivity index (χ2v) is 5.03. The molecule has 1 aromatic carbocycles. The predicted octanol–water partition coefficient (Wildman–Crippen LogP) is 1.56. The van der Waals surface area contributed by atoms with Gasteiger partial charge in [0.2, 0.25) is 0 Å². The molecule has 1 amide bonds. The Balaban J connectivity index is 1.67. The molecular weight excluding hydrogens is 254 g/mol. The summed E-state index contributed by atoms with van der Waals surface area (Å²) in [6.07, 6.45) is 0.785. The third-order valence-corrected chi connectivity index (χ3v) is 3.49. The van der Waals surface area contributed by atoms with E-state index in [0.29, 0.717) is 18.8 Å². The molecule has 5 heteroatoms. The van der Waals surface area contributed by atoms with E-state index >= 15 is 0 Å². The van der Waals surface area contributed by atoms with Crippen LogP contribution in [0.15, 0.2) is 28.8 Å². The van der Waals surface area contributed by atoms with Crippen molar-refractivity contribution in [3.8, 4) is 0 Å². The van der Waals surface area contributed by atoms with Crippen LogP contribution in [-0.4, -0.2) is 17.6 Å². The van der Waals surface area contributed by atoms with Crippen molar-refractivity contribution >= 4 is 5.91 Å². The Morgan fingerprint density at radius 3 is 3.00 bits per heavy atom. The molecule has 0 aliphatic carbocycles. The van der Waals surface area contributed by atoms with Crippen molar-refractivity contribution in [2.75, 3.05) is 6.54 Å². The molecule has 0 saturated carbocycles. The second-order valence-electron chi connectivity index (χ2n) is 5.03. The van der Waals surface area contributed by atoms with Gasteiger partial charge >= 0.3 is 0 Å². The number of aromatic nitrogens is 1. The monoisotopic (exact) mass is 271 g/mol. The van der Waals surface area contributed by atoms with Gasteiger partial charge in [-0.15, -0.1) is 0 Å². The molecule has 2 heterocycles. The number of nitrogens with zero attached hydrogens (tertiary/aromatic N) is 1. The van der Waals surface area contributed by atoms with Crippen molar-refractivity contribution in [1.29, 1.82) is 0 Å². The minimum absolute atomic E-state index is 0.181. The zero-order chi connectivity index (χ0) is 13.9. The van der Waals surface area contributed by atoms with Crippen LogP contribution in [0.3, 0.4) is 0 Å². The lowest BCUT2D eigenvalue weighted by Gasteiger charge is -2.11. The van der Waals surface area contributed by atoms with Gasteiger partial charge in [-0.1, -0.05) is 35.0 Å². The number of nitrogens with one attached hydrogen (secondary N) is 2. The van der Waals surface area contributed by atoms with Gasteiger partial charge in [-0.05, 0) is 12.5 Å². The molecule has 1 aliphatic heterocycles. The summed E-state index contributed by atoms with van der Waals surface area (Å²) in [5.74, 6) is 0.642. The average molecular weight is 271 g/mol. The maximum Gasteiger partial charge on any atom is 0.274 e. The number of carbonyl (C=O) groups is 1. The first-order valence-electron chi connectivity index (χ1n) is 6.76. The summed E-state index contributed by atoms with van der Waals surface area (Å²) < 4.78 is 5.23. The van der Waals surface area contributed by atoms with Crippen LogP contribution >= 0.6 is 0 Å². The van der Waals surface area contributed by atoms with Crippen LogP contribution in [0.25, 0.3) is 0 Å². The fourth-order valence-corrected chi connectivity index (χ4v) is 2.29. The van der Waals surface area contributed by atoms with Gasteiger partial charge in [-0.3, -0.25) is 4.79 Å². The molecule has 2 aromatic rings. The minimum atomic E-state index is -0.181. The molecule has 2 N–H and O–H groups in total. The Bertz CT molecular complexity index is 617. The SMILES string of the molecule is Cc1ccc(CNC(=O)c2noc3c2CNCC3)cc1. The van der Waals surface area contributed by atoms with E-state index in [4.69, 9.17) is 4.52 Å². The van der Waals surface area contributed by atoms with Gasteiger partial charge in [0, 0.05) is 31.6 Å². The normalized spacial score (nSPS) is 13.8. The van der Waals surface area contributed by atoms with Crippen LogP contribution in [0.1, 0.15) is 32.9 Å². The van der Waals surface area contributed by atoms with E-state index in [0.717, 1.165) is 29.9 Å². The lowest BCUT2D eigenvalue weighted by molar-refractivity contribution is 0.0941. The zero-order valence-electron chi connectivity index (χ0n) is 11.4. The van der Waals surface area contributed by atoms with Gasteiger partial charge in [0.1, 0.15) is 5.76 Å². The molecule has 1 aliphatic rings. The highest BCUT2D eigenvalue weighted by molar-refractivity contribution is 5.93. The van der Waals surface area contributed by atoms with Crippen LogP contribution in [0.5, 0.6) is 0 Å². The predicted molar refractivity (Wildman–Crippen MR) is 74.3 cm³/mol. The Morgan fingerprint density at radius 2 is 2.20 bits per heavy atom. The van der Waals surface area contributed by atoms with Crippen molar-refractivity contribution in [3.05, 3.63) is 52.4 Å². The molecule has 0 radical (unpaired) electrons. The highest BCUT2D eigenvalue weighted by Gasteiger charge is 2.23. The Morgan fingerprint density at radius 1 is 1.40 bits per heavy atom. The fraction of sp³-hybridized carbons (Fsp3) is 0.333. The highest BCUT2D eigenvalue weighted by atomic mass is 16.5. The second kappa shape index (κ2) is 5.46. The van der Waals surface area contributed by atoms with Gasteiger partial charge in [-0.2, -0.15) is 0 Å². The van der Waals surface area contributed by atoms with Crippen molar-refractivity contribution in [2.24, 2.45) is 0 Å². The molecular formula is C15H17N3O2. The summed E-state index contributed by atoms with van der Waals surface area (Å²) in [5.41, 5.74) is 3.56. The van der Waals surface area contributed by atoms with E-state index in [1.807, 2.05) is 31.2 Å². The summed E-state index contributed by atoms with van der Waals surface area (Å²) in [5, 5.41) is 10.0. The average Bonchev–Trinajstić information content (AvgIpc) is 2.90. The maximum atomic E-state index is 12.2. The van der Waals surface area contributed by atoms with Gasteiger partial charge in [0.05, 0.1) is 0 Å². The van der Waals surface area contributed by atoms with Crippen LogP contribution in [0.4, 0.5) is 0 Å². The molecule has 20 heavy (non-hydrogen) atoms. The molecule has 1 aromatic heterocycles. The van der Waals surface area contributed by atoms with Crippen molar-refractivity contribution in [1.82, 2.24) is 15.8 Å². The van der Waals surface area contributed by atoms with Gasteiger partial charge in [-0.25, -0.2) is 0 Å². The Hall–Kier alpha value is -2.14. The van der Waals surface area contributed by atoms with E-state index < -0.39 is 0 Å². The van der Waals surface area contributed by atoms with Crippen molar-refractivity contribution in [2.45, 2.75) is 26.4 Å². The zero-order valence-corrected chi connectivity index (χ0v) is 11.4. The molecule has 0 spiro atoms. The van der Waals surface area contributed by atoms with E-state index in [1.165, 1.54) is 5.56 Å². The topological polar surface area (TPSA) is 67.2 Å². The number of aryl methyl sites for hydroxylation is 1. The van der Waals surface area contributed by atoms with E-state index in [-0.39, 0.29) is 5.91 Å². The lowest BCUT2D eigenvalue weighted by Crippen LogP contribution is -2.28.